The molecule has 1 heterocycles. The molecule has 10 heteroatoms. The van der Waals surface area contributed by atoms with E-state index < -0.39 is 15.8 Å². The van der Waals surface area contributed by atoms with Crippen LogP contribution in [0.25, 0.3) is 6.08 Å². The van der Waals surface area contributed by atoms with Crippen molar-refractivity contribution in [3.63, 3.8) is 0 Å². The number of hydrogen-bond donors (Lipinski definition) is 0. The predicted molar refractivity (Wildman–Crippen MR) is 102 cm³/mol. The normalized spacial score (nSPS) is 15.5. The molecule has 0 bridgehead atoms. The molecule has 0 saturated carbocycles. The van der Waals surface area contributed by atoms with E-state index >= 15 is 0 Å². The van der Waals surface area contributed by atoms with Gasteiger partial charge in [-0.05, 0) is 24.3 Å². The number of rotatable bonds is 4. The van der Waals surface area contributed by atoms with Gasteiger partial charge in [-0.1, -0.05) is 36.1 Å². The zero-order valence-corrected chi connectivity index (χ0v) is 14.5. The lowest BCUT2D eigenvalue weighted by molar-refractivity contribution is -0.385. The van der Waals surface area contributed by atoms with Gasteiger partial charge in [0.1, 0.15) is 0 Å². The summed E-state index contributed by atoms with van der Waals surface area (Å²) >= 11 is 6.24. The van der Waals surface area contributed by atoms with Gasteiger partial charge in [-0.25, -0.2) is 0 Å². The Morgan fingerprint density at radius 3 is 2.27 bits per heavy atom. The van der Waals surface area contributed by atoms with Crippen LogP contribution >= 0.6 is 24.0 Å². The van der Waals surface area contributed by atoms with Gasteiger partial charge in [-0.15, -0.1) is 0 Å². The molecule has 26 heavy (non-hydrogen) atoms. The Bertz CT molecular complexity index is 972. The average Bonchev–Trinajstić information content (AvgIpc) is 2.89. The second-order valence-electron chi connectivity index (χ2n) is 5.11. The molecule has 1 aliphatic rings. The molecular formula is C16H9N3O5S2. The van der Waals surface area contributed by atoms with E-state index in [4.69, 9.17) is 12.2 Å². The first-order chi connectivity index (χ1) is 12.4. The Labute approximate surface area is 156 Å². The van der Waals surface area contributed by atoms with E-state index in [9.17, 15) is 25.0 Å². The van der Waals surface area contributed by atoms with E-state index in [1.807, 2.05) is 0 Å². The van der Waals surface area contributed by atoms with Crippen molar-refractivity contribution in [1.29, 1.82) is 0 Å². The standard InChI is InChI=1S/C16H9N3O5S2/c20-15-14(9-10-3-1-2-4-13(10)19(23)24)26-16(25)17(15)11-5-7-12(8-6-11)18(21)22/h1-9H. The van der Waals surface area contributed by atoms with Crippen LogP contribution in [0.1, 0.15) is 5.56 Å². The third-order valence-electron chi connectivity index (χ3n) is 3.53. The number of hydrogen-bond acceptors (Lipinski definition) is 7. The zero-order valence-electron chi connectivity index (χ0n) is 12.9. The van der Waals surface area contributed by atoms with Crippen LogP contribution in [0.2, 0.25) is 0 Å². The average molecular weight is 387 g/mol. The highest BCUT2D eigenvalue weighted by Gasteiger charge is 2.34. The summed E-state index contributed by atoms with van der Waals surface area (Å²) in [7, 11) is 0. The summed E-state index contributed by atoms with van der Waals surface area (Å²) in [6.45, 7) is 0. The molecule has 8 nitrogen and oxygen atoms in total. The van der Waals surface area contributed by atoms with Gasteiger partial charge in [0.2, 0.25) is 0 Å². The van der Waals surface area contributed by atoms with Crippen molar-refractivity contribution in [1.82, 2.24) is 0 Å². The second-order valence-corrected chi connectivity index (χ2v) is 6.78. The first-order valence-corrected chi connectivity index (χ1v) is 8.37. The largest absolute Gasteiger partial charge is 0.276 e. The van der Waals surface area contributed by atoms with Crippen LogP contribution in [0, 0.1) is 20.2 Å². The van der Waals surface area contributed by atoms with E-state index in [1.165, 1.54) is 53.4 Å². The molecule has 0 atom stereocenters. The van der Waals surface area contributed by atoms with Gasteiger partial charge in [0, 0.05) is 18.2 Å². The maximum atomic E-state index is 12.7. The Morgan fingerprint density at radius 2 is 1.65 bits per heavy atom. The predicted octanol–water partition coefficient (Wildman–Crippen LogP) is 3.91. The second kappa shape index (κ2) is 7.02. The summed E-state index contributed by atoms with van der Waals surface area (Å²) in [4.78, 5) is 34.9. The molecule has 0 spiro atoms. The number of benzene rings is 2. The maximum Gasteiger partial charge on any atom is 0.276 e. The third kappa shape index (κ3) is 3.32. The van der Waals surface area contributed by atoms with Crippen molar-refractivity contribution in [2.75, 3.05) is 4.90 Å². The SMILES string of the molecule is O=C1C(=Cc2ccccc2[N+](=O)[O-])SC(=S)N1c1ccc([N+](=O)[O-])cc1. The van der Waals surface area contributed by atoms with Gasteiger partial charge in [-0.2, -0.15) is 0 Å². The van der Waals surface area contributed by atoms with Crippen molar-refractivity contribution in [3.8, 4) is 0 Å². The maximum absolute atomic E-state index is 12.7. The third-order valence-corrected chi connectivity index (χ3v) is 4.83. The van der Waals surface area contributed by atoms with Gasteiger partial charge in [0.05, 0.1) is 26.0 Å². The number of thiocarbonyl (C=S) groups is 1. The van der Waals surface area contributed by atoms with Gasteiger partial charge in [-0.3, -0.25) is 29.9 Å². The van der Waals surface area contributed by atoms with Crippen LogP contribution < -0.4 is 4.90 Å². The fraction of sp³-hybridized carbons (Fsp3) is 0. The lowest BCUT2D eigenvalue weighted by atomic mass is 10.1. The van der Waals surface area contributed by atoms with Crippen molar-refractivity contribution >= 4 is 57.3 Å². The zero-order chi connectivity index (χ0) is 18.8. The number of thioether (sulfide) groups is 1. The molecule has 0 radical (unpaired) electrons. The van der Waals surface area contributed by atoms with Gasteiger partial charge < -0.3 is 0 Å². The summed E-state index contributed by atoms with van der Waals surface area (Å²) in [5, 5.41) is 21.8. The number of nitro groups is 2. The number of nitro benzene ring substituents is 2. The van der Waals surface area contributed by atoms with E-state index in [1.54, 1.807) is 6.07 Å². The van der Waals surface area contributed by atoms with E-state index in [-0.39, 0.29) is 20.6 Å². The van der Waals surface area contributed by atoms with Crippen LogP contribution in [-0.4, -0.2) is 20.1 Å². The summed E-state index contributed by atoms with van der Waals surface area (Å²) in [6, 6.07) is 11.5. The number of non-ortho nitro benzene ring substituents is 1. The Morgan fingerprint density at radius 1 is 1.00 bits per heavy atom. The minimum atomic E-state index is -0.539. The van der Waals surface area contributed by atoms with Crippen LogP contribution in [0.4, 0.5) is 17.1 Å². The molecule has 0 aliphatic carbocycles. The van der Waals surface area contributed by atoms with Crippen LogP contribution in [0.15, 0.2) is 53.4 Å². The lowest BCUT2D eigenvalue weighted by Crippen LogP contribution is -2.27. The first-order valence-electron chi connectivity index (χ1n) is 7.14. The molecule has 2 aromatic carbocycles. The fourth-order valence-corrected chi connectivity index (χ4v) is 3.62. The minimum absolute atomic E-state index is 0.102. The molecule has 0 aromatic heterocycles. The highest BCUT2D eigenvalue weighted by molar-refractivity contribution is 8.27. The Balaban J connectivity index is 1.94. The molecule has 2 aromatic rings. The molecular weight excluding hydrogens is 378 g/mol. The quantitative estimate of drug-likeness (QED) is 0.339. The molecule has 130 valence electrons. The van der Waals surface area contributed by atoms with E-state index in [0.717, 1.165) is 11.8 Å². The smallest absolute Gasteiger partial charge is 0.268 e. The van der Waals surface area contributed by atoms with Gasteiger partial charge in [0.25, 0.3) is 17.3 Å². The highest BCUT2D eigenvalue weighted by Crippen LogP contribution is 2.37. The van der Waals surface area contributed by atoms with Crippen molar-refractivity contribution < 1.29 is 14.6 Å². The Hall–Kier alpha value is -3.11. The topological polar surface area (TPSA) is 107 Å². The summed E-state index contributed by atoms with van der Waals surface area (Å²) in [6.07, 6.45) is 1.42. The number of amides is 1. The van der Waals surface area contributed by atoms with Gasteiger partial charge in [0.15, 0.2) is 4.32 Å². The highest BCUT2D eigenvalue weighted by atomic mass is 32.2. The number of anilines is 1. The molecule has 0 unspecified atom stereocenters. The number of nitrogens with zero attached hydrogens (tertiary/aromatic N) is 3. The first kappa shape index (κ1) is 17.7. The van der Waals surface area contributed by atoms with Crippen molar-refractivity contribution in [2.45, 2.75) is 0 Å². The van der Waals surface area contributed by atoms with Crippen molar-refractivity contribution in [3.05, 3.63) is 79.2 Å². The van der Waals surface area contributed by atoms with E-state index in [0.29, 0.717) is 11.3 Å². The fourth-order valence-electron chi connectivity index (χ4n) is 2.33. The van der Waals surface area contributed by atoms with Gasteiger partial charge >= 0.3 is 0 Å². The van der Waals surface area contributed by atoms with Crippen LogP contribution in [0.5, 0.6) is 0 Å². The van der Waals surface area contributed by atoms with E-state index in [2.05, 4.69) is 0 Å². The lowest BCUT2D eigenvalue weighted by Gasteiger charge is -2.13. The molecule has 0 N–H and O–H groups in total. The molecule has 1 amide bonds. The van der Waals surface area contributed by atoms with Crippen LogP contribution in [-0.2, 0) is 4.79 Å². The molecule has 1 fully saturated rings. The minimum Gasteiger partial charge on any atom is -0.268 e. The summed E-state index contributed by atoms with van der Waals surface area (Å²) in [5.41, 5.74) is 0.466. The molecule has 1 aliphatic heterocycles. The molecule has 1 saturated heterocycles. The Kier molecular flexibility index (Phi) is 4.78. The summed E-state index contributed by atoms with van der Waals surface area (Å²) < 4.78 is 0.244. The number of carbonyl (C=O) groups is 1. The van der Waals surface area contributed by atoms with Crippen molar-refractivity contribution in [2.24, 2.45) is 0 Å². The summed E-state index contributed by atoms with van der Waals surface area (Å²) in [5.74, 6) is -0.438. The number of para-hydroxylation sites is 1. The monoisotopic (exact) mass is 387 g/mol. The number of carbonyl (C=O) groups excluding carboxylic acids is 1. The molecule has 3 rings (SSSR count). The van der Waals surface area contributed by atoms with Crippen LogP contribution in [0.3, 0.4) is 0 Å².